The van der Waals surface area contributed by atoms with Crippen molar-refractivity contribution in [1.82, 2.24) is 0 Å². The average Bonchev–Trinajstić information content (AvgIpc) is 2.13. The van der Waals surface area contributed by atoms with Crippen molar-refractivity contribution in [1.29, 1.82) is 0 Å². The Bertz CT molecular complexity index is 182. The molecule has 0 aliphatic carbocycles. The molecule has 0 aromatic rings. The molecule has 0 fully saturated rings. The van der Waals surface area contributed by atoms with Gasteiger partial charge in [0.1, 0.15) is 6.10 Å². The van der Waals surface area contributed by atoms with Gasteiger partial charge in [0.25, 0.3) is 0 Å². The second kappa shape index (κ2) is 6.83. The minimum atomic E-state index is -0.264. The number of unbranched alkanes of at least 4 members (excludes halogenated alkanes) is 2. The zero-order valence-electron chi connectivity index (χ0n) is 10.6. The summed E-state index contributed by atoms with van der Waals surface area (Å²) in [7, 11) is 0. The summed E-state index contributed by atoms with van der Waals surface area (Å²) in [6.45, 7) is 10.1. The summed E-state index contributed by atoms with van der Waals surface area (Å²) in [5.74, 6) is -0.264. The molecule has 3 heteroatoms. The summed E-state index contributed by atoms with van der Waals surface area (Å²) in [6.07, 6.45) is 3.40. The topological polar surface area (TPSA) is 35.5 Å². The maximum absolute atomic E-state index is 11.2. The van der Waals surface area contributed by atoms with Gasteiger partial charge in [0.2, 0.25) is 0 Å². The molecule has 0 aromatic carbocycles. The van der Waals surface area contributed by atoms with Crippen LogP contribution in [0, 0.1) is 5.41 Å². The maximum atomic E-state index is 11.2. The van der Waals surface area contributed by atoms with Crippen LogP contribution < -0.4 is 0 Å². The number of carbonyl (C=O) groups is 1. The molecule has 0 aromatic heterocycles. The van der Waals surface area contributed by atoms with Crippen LogP contribution in [0.4, 0.5) is 0 Å². The molecule has 1 unspecified atom stereocenters. The lowest BCUT2D eigenvalue weighted by molar-refractivity contribution is -0.309. The smallest absolute Gasteiger partial charge is 0.298 e. The van der Waals surface area contributed by atoms with Gasteiger partial charge in [0.05, 0.1) is 0 Å². The molecule has 0 saturated heterocycles. The molecule has 0 aliphatic rings. The van der Waals surface area contributed by atoms with Crippen LogP contribution in [0.1, 0.15) is 60.3 Å². The third-order valence-corrected chi connectivity index (χ3v) is 2.49. The van der Waals surface area contributed by atoms with Gasteiger partial charge in [0.15, 0.2) is 0 Å². The SMILES string of the molecule is CCCCCC(=O)OOC(C)C(C)(C)C. The third-order valence-electron chi connectivity index (χ3n) is 2.49. The first-order chi connectivity index (χ1) is 6.88. The molecule has 3 nitrogen and oxygen atoms in total. The minimum Gasteiger partial charge on any atom is -0.298 e. The van der Waals surface area contributed by atoms with E-state index >= 15 is 0 Å². The van der Waals surface area contributed by atoms with Crippen LogP contribution in [0.25, 0.3) is 0 Å². The van der Waals surface area contributed by atoms with E-state index in [0.29, 0.717) is 6.42 Å². The van der Waals surface area contributed by atoms with Crippen LogP contribution in [-0.4, -0.2) is 12.1 Å². The first-order valence-electron chi connectivity index (χ1n) is 5.74. The number of hydrogen-bond donors (Lipinski definition) is 0. The van der Waals surface area contributed by atoms with Crippen molar-refractivity contribution in [3.05, 3.63) is 0 Å². The average molecular weight is 216 g/mol. The van der Waals surface area contributed by atoms with Crippen molar-refractivity contribution >= 4 is 5.97 Å². The fraction of sp³-hybridized carbons (Fsp3) is 0.917. The van der Waals surface area contributed by atoms with Crippen LogP contribution in [0.15, 0.2) is 0 Å². The number of rotatable bonds is 6. The highest BCUT2D eigenvalue weighted by Gasteiger charge is 2.23. The zero-order chi connectivity index (χ0) is 11.9. The summed E-state index contributed by atoms with van der Waals surface area (Å²) in [5, 5.41) is 0. The molecule has 0 aliphatic heterocycles. The predicted octanol–water partition coefficient (Wildman–Crippen LogP) is 3.48. The molecule has 1 atom stereocenters. The molecule has 0 heterocycles. The van der Waals surface area contributed by atoms with E-state index in [1.807, 2.05) is 27.7 Å². The first kappa shape index (κ1) is 14.4. The molecular formula is C12H24O3. The Morgan fingerprint density at radius 1 is 1.27 bits per heavy atom. The summed E-state index contributed by atoms with van der Waals surface area (Å²) < 4.78 is 0. The standard InChI is InChI=1S/C12H24O3/c1-6-7-8-9-11(13)15-14-10(2)12(3,4)5/h10H,6-9H2,1-5H3. The highest BCUT2D eigenvalue weighted by Crippen LogP contribution is 2.21. The molecule has 0 N–H and O–H groups in total. The molecule has 0 saturated carbocycles. The maximum Gasteiger partial charge on any atom is 0.342 e. The summed E-state index contributed by atoms with van der Waals surface area (Å²) in [6, 6.07) is 0. The fourth-order valence-electron chi connectivity index (χ4n) is 0.831. The second-order valence-electron chi connectivity index (χ2n) is 5.02. The lowest BCUT2D eigenvalue weighted by atomic mass is 9.91. The molecule has 0 amide bonds. The lowest BCUT2D eigenvalue weighted by Gasteiger charge is -2.24. The van der Waals surface area contributed by atoms with E-state index < -0.39 is 0 Å². The molecule has 0 spiro atoms. The number of carbonyl (C=O) groups excluding carboxylic acids is 1. The Morgan fingerprint density at radius 2 is 1.87 bits per heavy atom. The summed E-state index contributed by atoms with van der Waals surface area (Å²) in [5.41, 5.74) is -0.0102. The summed E-state index contributed by atoms with van der Waals surface area (Å²) in [4.78, 5) is 21.0. The molecule has 15 heavy (non-hydrogen) atoms. The van der Waals surface area contributed by atoms with Gasteiger partial charge in [-0.05, 0) is 18.8 Å². The van der Waals surface area contributed by atoms with Gasteiger partial charge in [0, 0.05) is 6.42 Å². The summed E-state index contributed by atoms with van der Waals surface area (Å²) >= 11 is 0. The Hall–Kier alpha value is -0.570. The molecule has 90 valence electrons. The molecule has 0 radical (unpaired) electrons. The van der Waals surface area contributed by atoms with Gasteiger partial charge in [-0.1, -0.05) is 40.5 Å². The van der Waals surface area contributed by atoms with E-state index in [1.54, 1.807) is 0 Å². The van der Waals surface area contributed by atoms with Crippen molar-refractivity contribution in [3.63, 3.8) is 0 Å². The Labute approximate surface area is 93.1 Å². The van der Waals surface area contributed by atoms with Crippen molar-refractivity contribution in [2.45, 2.75) is 66.4 Å². The first-order valence-corrected chi connectivity index (χ1v) is 5.74. The monoisotopic (exact) mass is 216 g/mol. The van der Waals surface area contributed by atoms with E-state index in [2.05, 4.69) is 6.92 Å². The van der Waals surface area contributed by atoms with Crippen molar-refractivity contribution in [3.8, 4) is 0 Å². The van der Waals surface area contributed by atoms with E-state index in [-0.39, 0.29) is 17.5 Å². The highest BCUT2D eigenvalue weighted by atomic mass is 17.2. The predicted molar refractivity (Wildman–Crippen MR) is 60.2 cm³/mol. The van der Waals surface area contributed by atoms with Gasteiger partial charge in [-0.2, -0.15) is 4.89 Å². The van der Waals surface area contributed by atoms with Crippen LogP contribution in [0.3, 0.4) is 0 Å². The van der Waals surface area contributed by atoms with Crippen LogP contribution in [-0.2, 0) is 14.6 Å². The quantitative estimate of drug-likeness (QED) is 0.387. The van der Waals surface area contributed by atoms with E-state index in [0.717, 1.165) is 19.3 Å². The minimum absolute atomic E-state index is 0.0102. The van der Waals surface area contributed by atoms with Gasteiger partial charge >= 0.3 is 5.97 Å². The van der Waals surface area contributed by atoms with Gasteiger partial charge in [-0.3, -0.25) is 4.89 Å². The van der Waals surface area contributed by atoms with Crippen molar-refractivity contribution in [2.24, 2.45) is 5.41 Å². The van der Waals surface area contributed by atoms with E-state index in [4.69, 9.17) is 9.78 Å². The second-order valence-corrected chi connectivity index (χ2v) is 5.02. The van der Waals surface area contributed by atoms with Crippen molar-refractivity contribution in [2.75, 3.05) is 0 Å². The zero-order valence-corrected chi connectivity index (χ0v) is 10.6. The van der Waals surface area contributed by atoms with Crippen LogP contribution in [0.2, 0.25) is 0 Å². The van der Waals surface area contributed by atoms with E-state index in [1.165, 1.54) is 0 Å². The normalized spacial score (nSPS) is 13.7. The van der Waals surface area contributed by atoms with Crippen molar-refractivity contribution < 1.29 is 14.6 Å². The third kappa shape index (κ3) is 7.37. The fourth-order valence-corrected chi connectivity index (χ4v) is 0.831. The Morgan fingerprint density at radius 3 is 2.33 bits per heavy atom. The molecule has 0 rings (SSSR count). The van der Waals surface area contributed by atoms with E-state index in [9.17, 15) is 4.79 Å². The highest BCUT2D eigenvalue weighted by molar-refractivity contribution is 5.68. The largest absolute Gasteiger partial charge is 0.342 e. The van der Waals surface area contributed by atoms with Crippen LogP contribution >= 0.6 is 0 Å². The van der Waals surface area contributed by atoms with Crippen LogP contribution in [0.5, 0.6) is 0 Å². The lowest BCUT2D eigenvalue weighted by Crippen LogP contribution is -2.27. The van der Waals surface area contributed by atoms with Gasteiger partial charge < -0.3 is 0 Å². The molecular weight excluding hydrogens is 192 g/mol. The van der Waals surface area contributed by atoms with Gasteiger partial charge in [-0.25, -0.2) is 4.79 Å². The van der Waals surface area contributed by atoms with Gasteiger partial charge in [-0.15, -0.1) is 0 Å². The molecule has 0 bridgehead atoms. The Kier molecular flexibility index (Phi) is 6.57. The Balaban J connectivity index is 3.62. The number of hydrogen-bond acceptors (Lipinski definition) is 3.